The van der Waals surface area contributed by atoms with E-state index >= 15 is 0 Å². The van der Waals surface area contributed by atoms with E-state index < -0.39 is 31.9 Å². The van der Waals surface area contributed by atoms with Crippen LogP contribution in [0.5, 0.6) is 5.75 Å². The fraction of sp³-hybridized carbons (Fsp3) is 0.448. The second kappa shape index (κ2) is 12.4. The van der Waals surface area contributed by atoms with Crippen LogP contribution in [0.25, 0.3) is 10.1 Å². The van der Waals surface area contributed by atoms with Crippen molar-refractivity contribution in [3.63, 3.8) is 0 Å². The third-order valence-electron chi connectivity index (χ3n) is 7.03. The molecular formula is C29H32F6N3O2PS. The molecule has 5 nitrogen and oxygen atoms in total. The van der Waals surface area contributed by atoms with E-state index in [1.165, 1.54) is 25.5 Å². The number of hydrogen-bond acceptors (Lipinski definition) is 6. The summed E-state index contributed by atoms with van der Waals surface area (Å²) in [6.07, 6.45) is -9.69. The Labute approximate surface area is 245 Å². The topological polar surface area (TPSA) is 53.6 Å². The lowest BCUT2D eigenvalue weighted by Gasteiger charge is -2.35. The number of thiophene rings is 1. The Morgan fingerprint density at radius 1 is 1.12 bits per heavy atom. The van der Waals surface area contributed by atoms with Crippen molar-refractivity contribution in [3.8, 4) is 17.6 Å². The smallest absolute Gasteiger partial charge is 0.404 e. The van der Waals surface area contributed by atoms with Crippen LogP contribution in [0.4, 0.5) is 37.7 Å². The normalized spacial score (nSPS) is 18.4. The Kier molecular flexibility index (Phi) is 9.46. The van der Waals surface area contributed by atoms with Gasteiger partial charge >= 0.3 is 12.5 Å². The number of fused-ring (bicyclic) bond motifs is 1. The van der Waals surface area contributed by atoms with Gasteiger partial charge in [0.15, 0.2) is 5.75 Å². The third-order valence-corrected chi connectivity index (χ3v) is 9.75. The number of anilines is 2. The first-order chi connectivity index (χ1) is 19.5. The van der Waals surface area contributed by atoms with Gasteiger partial charge in [0.05, 0.1) is 33.9 Å². The van der Waals surface area contributed by atoms with E-state index in [9.17, 15) is 30.9 Å². The summed E-state index contributed by atoms with van der Waals surface area (Å²) in [6, 6.07) is 9.23. The molecule has 1 aromatic heterocycles. The van der Waals surface area contributed by atoms with Crippen LogP contribution in [0.15, 0.2) is 36.4 Å². The van der Waals surface area contributed by atoms with Crippen LogP contribution in [0, 0.1) is 17.8 Å². The number of halogens is 6. The van der Waals surface area contributed by atoms with Gasteiger partial charge in [-0.1, -0.05) is 30.9 Å². The van der Waals surface area contributed by atoms with Crippen molar-refractivity contribution in [1.82, 2.24) is 4.90 Å². The Hall–Kier alpha value is -2.87. The number of benzene rings is 2. The number of hydrogen-bond donors (Lipinski definition) is 2. The molecule has 0 aliphatic carbocycles. The van der Waals surface area contributed by atoms with Crippen LogP contribution >= 0.6 is 18.5 Å². The highest BCUT2D eigenvalue weighted by molar-refractivity contribution is 7.70. The Morgan fingerprint density at radius 3 is 2.50 bits per heavy atom. The summed E-state index contributed by atoms with van der Waals surface area (Å²) in [6.45, 7) is 6.66. The lowest BCUT2D eigenvalue weighted by Crippen LogP contribution is -2.43. The number of alkyl halides is 6. The summed E-state index contributed by atoms with van der Waals surface area (Å²) >= 11 is 1.16. The SMILES string of the molecule is C[C@@H]1CN(C)CC[C@H]1Nc1cccc2c(CC(F)(F)F)c(C#CCNc3ccc(P(C)(C)=O)cc3OC(F)(F)F)sc12. The van der Waals surface area contributed by atoms with Gasteiger partial charge < -0.3 is 24.8 Å². The molecule has 4 rings (SSSR count). The predicted octanol–water partition coefficient (Wildman–Crippen LogP) is 7.37. The van der Waals surface area contributed by atoms with Gasteiger partial charge in [-0.2, -0.15) is 13.2 Å². The van der Waals surface area contributed by atoms with E-state index in [0.717, 1.165) is 42.6 Å². The lowest BCUT2D eigenvalue weighted by atomic mass is 9.94. The minimum Gasteiger partial charge on any atom is -0.404 e. The van der Waals surface area contributed by atoms with E-state index in [4.69, 9.17) is 0 Å². The van der Waals surface area contributed by atoms with Crippen molar-refractivity contribution in [2.24, 2.45) is 5.92 Å². The van der Waals surface area contributed by atoms with Crippen LogP contribution < -0.4 is 20.7 Å². The summed E-state index contributed by atoms with van der Waals surface area (Å²) in [4.78, 5) is 2.49. The standard InChI is InChI=1S/C29H32F6N3O2PS/c1-18-17-38(2)14-12-22(18)37-24-8-5-7-20-21(16-28(30,31)32)26(42-27(20)24)9-6-13-36-23-11-10-19(41(3,4)39)15-25(23)40-29(33,34)35/h5,7-8,10-11,15,18,22,36-37H,12-14,16-17H2,1-4H3/t18-,22-/m1/s1. The Bertz CT molecular complexity index is 1540. The van der Waals surface area contributed by atoms with Gasteiger partial charge in [-0.15, -0.1) is 24.5 Å². The fourth-order valence-corrected chi connectivity index (χ4v) is 7.03. The van der Waals surface area contributed by atoms with Crippen molar-refractivity contribution >= 4 is 45.2 Å². The molecule has 1 fully saturated rings. The highest BCUT2D eigenvalue weighted by atomic mass is 32.1. The van der Waals surface area contributed by atoms with Crippen molar-refractivity contribution < 1.29 is 35.6 Å². The molecule has 0 saturated carbocycles. The maximum absolute atomic E-state index is 13.6. The zero-order valence-electron chi connectivity index (χ0n) is 23.5. The highest BCUT2D eigenvalue weighted by Gasteiger charge is 2.33. The van der Waals surface area contributed by atoms with E-state index in [-0.39, 0.29) is 34.0 Å². The minimum absolute atomic E-state index is 0.0376. The van der Waals surface area contributed by atoms with Gasteiger partial charge in [0.2, 0.25) is 0 Å². The van der Waals surface area contributed by atoms with Gasteiger partial charge in [-0.3, -0.25) is 0 Å². The first-order valence-corrected chi connectivity index (χ1v) is 16.7. The summed E-state index contributed by atoms with van der Waals surface area (Å²) < 4.78 is 97.0. The minimum atomic E-state index is -4.98. The molecule has 2 atom stereocenters. The number of nitrogens with one attached hydrogen (secondary N) is 2. The van der Waals surface area contributed by atoms with E-state index in [0.29, 0.717) is 16.0 Å². The molecule has 2 heterocycles. The molecule has 0 radical (unpaired) electrons. The molecular weight excluding hydrogens is 599 g/mol. The monoisotopic (exact) mass is 631 g/mol. The fourth-order valence-electron chi connectivity index (χ4n) is 4.99. The van der Waals surface area contributed by atoms with Crippen LogP contribution in [-0.4, -0.2) is 63.5 Å². The van der Waals surface area contributed by atoms with Crippen LogP contribution in [0.1, 0.15) is 23.8 Å². The first-order valence-electron chi connectivity index (χ1n) is 13.2. The molecule has 1 aliphatic rings. The molecule has 0 bridgehead atoms. The van der Waals surface area contributed by atoms with Crippen molar-refractivity contribution in [3.05, 3.63) is 46.8 Å². The van der Waals surface area contributed by atoms with Crippen molar-refractivity contribution in [2.75, 3.05) is 50.6 Å². The number of piperidine rings is 1. The summed E-state index contributed by atoms with van der Waals surface area (Å²) in [5.41, 5.74) is 0.790. The van der Waals surface area contributed by atoms with Crippen LogP contribution in [-0.2, 0) is 11.0 Å². The second-order valence-corrected chi connectivity index (χ2v) is 15.1. The Balaban J connectivity index is 1.62. The quantitative estimate of drug-likeness (QED) is 0.162. The molecule has 1 saturated heterocycles. The van der Waals surface area contributed by atoms with Gasteiger partial charge in [0.25, 0.3) is 0 Å². The molecule has 0 unspecified atom stereocenters. The number of likely N-dealkylation sites (tertiary alicyclic amines) is 1. The van der Waals surface area contributed by atoms with E-state index in [1.54, 1.807) is 12.1 Å². The van der Waals surface area contributed by atoms with Gasteiger partial charge in [0.1, 0.15) is 7.14 Å². The molecule has 2 aromatic carbocycles. The van der Waals surface area contributed by atoms with Crippen LogP contribution in [0.3, 0.4) is 0 Å². The number of rotatable bonds is 7. The average Bonchev–Trinajstić information content (AvgIpc) is 3.19. The van der Waals surface area contributed by atoms with Crippen molar-refractivity contribution in [2.45, 2.75) is 38.3 Å². The largest absolute Gasteiger partial charge is 0.573 e. The molecule has 42 heavy (non-hydrogen) atoms. The predicted molar refractivity (Wildman–Crippen MR) is 158 cm³/mol. The number of nitrogens with zero attached hydrogens (tertiary/aromatic N) is 1. The lowest BCUT2D eigenvalue weighted by molar-refractivity contribution is -0.274. The van der Waals surface area contributed by atoms with E-state index in [2.05, 4.69) is 46.1 Å². The molecule has 228 valence electrons. The zero-order chi connectivity index (χ0) is 30.9. The summed E-state index contributed by atoms with van der Waals surface area (Å²) in [7, 11) is -0.804. The maximum Gasteiger partial charge on any atom is 0.573 e. The maximum atomic E-state index is 13.6. The first kappa shape index (κ1) is 32.1. The van der Waals surface area contributed by atoms with Crippen molar-refractivity contribution in [1.29, 1.82) is 0 Å². The molecule has 13 heteroatoms. The highest BCUT2D eigenvalue weighted by Crippen LogP contribution is 2.40. The zero-order valence-corrected chi connectivity index (χ0v) is 25.3. The summed E-state index contributed by atoms with van der Waals surface area (Å²) in [5, 5.41) is 6.96. The van der Waals surface area contributed by atoms with Gasteiger partial charge in [-0.05, 0) is 74.5 Å². The number of ether oxygens (including phenoxy) is 1. The van der Waals surface area contributed by atoms with Crippen LogP contribution in [0.2, 0.25) is 0 Å². The van der Waals surface area contributed by atoms with Gasteiger partial charge in [0, 0.05) is 17.9 Å². The molecule has 0 amide bonds. The average molecular weight is 632 g/mol. The van der Waals surface area contributed by atoms with E-state index in [1.807, 2.05) is 6.07 Å². The second-order valence-electron chi connectivity index (χ2n) is 10.9. The molecule has 2 N–H and O–H groups in total. The molecule has 0 spiro atoms. The third kappa shape index (κ3) is 8.36. The molecule has 3 aromatic rings. The molecule has 1 aliphatic heterocycles. The Morgan fingerprint density at radius 2 is 1.86 bits per heavy atom. The van der Waals surface area contributed by atoms with Gasteiger partial charge in [-0.25, -0.2) is 0 Å². The summed E-state index contributed by atoms with van der Waals surface area (Å²) in [5.74, 6) is 5.34.